The SMILES string of the molecule is COc1ccc(C=CC(=O)NC(C)C(=O)OCC(=O)Nc2cccc(F)c2)cc1. The molecule has 0 heterocycles. The third-order valence-electron chi connectivity index (χ3n) is 3.71. The van der Waals surface area contributed by atoms with Crippen molar-refractivity contribution in [2.24, 2.45) is 0 Å². The van der Waals surface area contributed by atoms with E-state index < -0.39 is 36.2 Å². The zero-order chi connectivity index (χ0) is 21.2. The second-order valence-corrected chi connectivity index (χ2v) is 6.00. The molecule has 1 atom stereocenters. The van der Waals surface area contributed by atoms with E-state index in [0.29, 0.717) is 5.75 Å². The minimum Gasteiger partial charge on any atom is -0.497 e. The van der Waals surface area contributed by atoms with Gasteiger partial charge in [-0.1, -0.05) is 18.2 Å². The van der Waals surface area contributed by atoms with Crippen LogP contribution in [0, 0.1) is 5.82 Å². The number of anilines is 1. The van der Waals surface area contributed by atoms with Crippen molar-refractivity contribution >= 4 is 29.5 Å². The zero-order valence-electron chi connectivity index (χ0n) is 16.0. The van der Waals surface area contributed by atoms with Crippen LogP contribution in [0.3, 0.4) is 0 Å². The van der Waals surface area contributed by atoms with Crippen molar-refractivity contribution in [3.8, 4) is 5.75 Å². The summed E-state index contributed by atoms with van der Waals surface area (Å²) in [5.41, 5.74) is 1.03. The topological polar surface area (TPSA) is 93.7 Å². The number of amides is 2. The number of halogens is 1. The van der Waals surface area contributed by atoms with Crippen LogP contribution in [-0.4, -0.2) is 37.5 Å². The molecule has 2 aromatic rings. The average molecular weight is 400 g/mol. The van der Waals surface area contributed by atoms with Gasteiger partial charge in [-0.2, -0.15) is 0 Å². The van der Waals surface area contributed by atoms with Crippen LogP contribution in [0.1, 0.15) is 12.5 Å². The Kier molecular flexibility index (Phi) is 7.90. The number of carbonyl (C=O) groups is 3. The highest BCUT2D eigenvalue weighted by Crippen LogP contribution is 2.12. The Labute approximate surface area is 167 Å². The number of rotatable bonds is 8. The monoisotopic (exact) mass is 400 g/mol. The van der Waals surface area contributed by atoms with Gasteiger partial charge in [0.1, 0.15) is 17.6 Å². The van der Waals surface area contributed by atoms with Gasteiger partial charge in [-0.15, -0.1) is 0 Å². The van der Waals surface area contributed by atoms with Crippen molar-refractivity contribution < 1.29 is 28.2 Å². The summed E-state index contributed by atoms with van der Waals surface area (Å²) >= 11 is 0. The number of nitrogens with one attached hydrogen (secondary N) is 2. The third kappa shape index (κ3) is 7.45. The summed E-state index contributed by atoms with van der Waals surface area (Å²) in [4.78, 5) is 35.6. The van der Waals surface area contributed by atoms with Gasteiger partial charge in [0.15, 0.2) is 6.61 Å². The van der Waals surface area contributed by atoms with E-state index in [2.05, 4.69) is 10.6 Å². The van der Waals surface area contributed by atoms with Gasteiger partial charge in [0.2, 0.25) is 5.91 Å². The van der Waals surface area contributed by atoms with Crippen LogP contribution in [0.2, 0.25) is 0 Å². The van der Waals surface area contributed by atoms with Crippen molar-refractivity contribution in [2.45, 2.75) is 13.0 Å². The fraction of sp³-hybridized carbons (Fsp3) is 0.190. The molecule has 2 amide bonds. The van der Waals surface area contributed by atoms with Crippen LogP contribution in [0.15, 0.2) is 54.6 Å². The van der Waals surface area contributed by atoms with Gasteiger partial charge in [0.25, 0.3) is 5.91 Å². The molecule has 0 aliphatic heterocycles. The van der Waals surface area contributed by atoms with E-state index in [0.717, 1.165) is 11.6 Å². The Morgan fingerprint density at radius 1 is 1.14 bits per heavy atom. The molecule has 8 heteroatoms. The first kappa shape index (κ1) is 21.6. The van der Waals surface area contributed by atoms with E-state index in [1.807, 2.05) is 0 Å². The van der Waals surface area contributed by atoms with Crippen molar-refractivity contribution in [3.63, 3.8) is 0 Å². The molecule has 1 unspecified atom stereocenters. The van der Waals surface area contributed by atoms with Gasteiger partial charge in [-0.25, -0.2) is 9.18 Å². The molecule has 0 bridgehead atoms. The fourth-order valence-corrected chi connectivity index (χ4v) is 2.23. The van der Waals surface area contributed by atoms with Crippen LogP contribution in [-0.2, 0) is 19.1 Å². The summed E-state index contributed by atoms with van der Waals surface area (Å²) in [5, 5.41) is 4.85. The third-order valence-corrected chi connectivity index (χ3v) is 3.71. The summed E-state index contributed by atoms with van der Waals surface area (Å²) in [6, 6.07) is 11.4. The molecule has 0 radical (unpaired) electrons. The maximum atomic E-state index is 13.1. The summed E-state index contributed by atoms with van der Waals surface area (Å²) < 4.78 is 23.0. The quantitative estimate of drug-likeness (QED) is 0.525. The standard InChI is InChI=1S/C21H21FN2O5/c1-14(23-19(25)11-8-15-6-9-18(28-2)10-7-15)21(27)29-13-20(26)24-17-5-3-4-16(22)12-17/h3-12,14H,13H2,1-2H3,(H,23,25)(H,24,26). The Balaban J connectivity index is 1.76. The van der Waals surface area contributed by atoms with Gasteiger partial charge >= 0.3 is 5.97 Å². The number of esters is 1. The second kappa shape index (κ2) is 10.6. The predicted octanol–water partition coefficient (Wildman–Crippen LogP) is 2.53. The Hall–Kier alpha value is -3.68. The smallest absolute Gasteiger partial charge is 0.328 e. The van der Waals surface area contributed by atoms with Crippen LogP contribution in [0.25, 0.3) is 6.08 Å². The molecule has 2 N–H and O–H groups in total. The molecule has 0 fully saturated rings. The minimum atomic E-state index is -0.954. The molecular weight excluding hydrogens is 379 g/mol. The molecule has 29 heavy (non-hydrogen) atoms. The molecule has 0 aliphatic rings. The highest BCUT2D eigenvalue weighted by molar-refractivity contribution is 5.95. The molecular formula is C21H21FN2O5. The lowest BCUT2D eigenvalue weighted by Crippen LogP contribution is -2.39. The number of ether oxygens (including phenoxy) is 2. The number of methoxy groups -OCH3 is 1. The molecule has 0 aromatic heterocycles. The van der Waals surface area contributed by atoms with Gasteiger partial charge < -0.3 is 20.1 Å². The highest BCUT2D eigenvalue weighted by atomic mass is 19.1. The lowest BCUT2D eigenvalue weighted by molar-refractivity contribution is -0.149. The summed E-state index contributed by atoms with van der Waals surface area (Å²) in [7, 11) is 1.56. The first-order chi connectivity index (χ1) is 13.9. The van der Waals surface area contributed by atoms with Crippen molar-refractivity contribution in [1.82, 2.24) is 5.32 Å². The van der Waals surface area contributed by atoms with Gasteiger partial charge in [-0.3, -0.25) is 9.59 Å². The first-order valence-electron chi connectivity index (χ1n) is 8.72. The average Bonchev–Trinajstić information content (AvgIpc) is 2.70. The summed E-state index contributed by atoms with van der Waals surface area (Å²) in [5.74, 6) is -1.69. The number of benzene rings is 2. The predicted molar refractivity (Wildman–Crippen MR) is 106 cm³/mol. The van der Waals surface area contributed by atoms with Gasteiger partial charge in [-0.05, 0) is 48.9 Å². The molecule has 0 spiro atoms. The summed E-state index contributed by atoms with van der Waals surface area (Å²) in [6.07, 6.45) is 2.86. The van der Waals surface area contributed by atoms with Crippen LogP contribution in [0.4, 0.5) is 10.1 Å². The molecule has 7 nitrogen and oxygen atoms in total. The Morgan fingerprint density at radius 2 is 1.86 bits per heavy atom. The first-order valence-corrected chi connectivity index (χ1v) is 8.72. The van der Waals surface area contributed by atoms with E-state index in [-0.39, 0.29) is 5.69 Å². The van der Waals surface area contributed by atoms with E-state index in [1.165, 1.54) is 31.2 Å². The summed E-state index contributed by atoms with van der Waals surface area (Å²) in [6.45, 7) is 0.878. The maximum Gasteiger partial charge on any atom is 0.328 e. The maximum absolute atomic E-state index is 13.1. The van der Waals surface area contributed by atoms with Gasteiger partial charge in [0.05, 0.1) is 7.11 Å². The van der Waals surface area contributed by atoms with E-state index in [9.17, 15) is 18.8 Å². The minimum absolute atomic E-state index is 0.246. The van der Waals surface area contributed by atoms with E-state index >= 15 is 0 Å². The van der Waals surface area contributed by atoms with Crippen LogP contribution in [0.5, 0.6) is 5.75 Å². The second-order valence-electron chi connectivity index (χ2n) is 6.00. The van der Waals surface area contributed by atoms with Crippen molar-refractivity contribution in [3.05, 3.63) is 66.0 Å². The molecule has 152 valence electrons. The molecule has 2 rings (SSSR count). The fourth-order valence-electron chi connectivity index (χ4n) is 2.23. The van der Waals surface area contributed by atoms with Crippen molar-refractivity contribution in [2.75, 3.05) is 19.0 Å². The number of carbonyl (C=O) groups excluding carboxylic acids is 3. The van der Waals surface area contributed by atoms with E-state index in [4.69, 9.17) is 9.47 Å². The zero-order valence-corrected chi connectivity index (χ0v) is 16.0. The van der Waals surface area contributed by atoms with Crippen LogP contribution >= 0.6 is 0 Å². The van der Waals surface area contributed by atoms with Crippen molar-refractivity contribution in [1.29, 1.82) is 0 Å². The molecule has 0 saturated carbocycles. The normalized spacial score (nSPS) is 11.6. The lowest BCUT2D eigenvalue weighted by atomic mass is 10.2. The van der Waals surface area contributed by atoms with Gasteiger partial charge in [0, 0.05) is 11.8 Å². The van der Waals surface area contributed by atoms with E-state index in [1.54, 1.807) is 37.5 Å². The number of hydrogen-bond acceptors (Lipinski definition) is 5. The Bertz CT molecular complexity index is 896. The van der Waals surface area contributed by atoms with Crippen LogP contribution < -0.4 is 15.4 Å². The molecule has 0 saturated heterocycles. The molecule has 2 aromatic carbocycles. The largest absolute Gasteiger partial charge is 0.497 e. The Morgan fingerprint density at radius 3 is 2.52 bits per heavy atom. The highest BCUT2D eigenvalue weighted by Gasteiger charge is 2.17. The number of hydrogen-bond donors (Lipinski definition) is 2. The lowest BCUT2D eigenvalue weighted by Gasteiger charge is -2.12. The molecule has 0 aliphatic carbocycles.